The van der Waals surface area contributed by atoms with E-state index in [0.29, 0.717) is 65.2 Å². The third-order valence-electron chi connectivity index (χ3n) is 3.76. The maximum atomic E-state index is 11.8. The van der Waals surface area contributed by atoms with Crippen molar-refractivity contribution >= 4 is 16.9 Å². The molecule has 1 aromatic carbocycles. The first-order valence-electron chi connectivity index (χ1n) is 9.39. The van der Waals surface area contributed by atoms with Gasteiger partial charge >= 0.3 is 5.97 Å². The molecule has 1 aromatic heterocycles. The van der Waals surface area contributed by atoms with Gasteiger partial charge in [-0.1, -0.05) is 0 Å². The molecule has 8 nitrogen and oxygen atoms in total. The Hall–Kier alpha value is -2.13. The van der Waals surface area contributed by atoms with Gasteiger partial charge in [0.05, 0.1) is 52.9 Å². The van der Waals surface area contributed by atoms with E-state index >= 15 is 0 Å². The quantitative estimate of drug-likeness (QED) is 0.366. The molecule has 0 atom stereocenters. The number of methoxy groups -OCH3 is 1. The Morgan fingerprint density at radius 2 is 1.54 bits per heavy atom. The second kappa shape index (κ2) is 13.1. The van der Waals surface area contributed by atoms with E-state index in [1.54, 1.807) is 20.1 Å². The number of hydrogen-bond donors (Lipinski definition) is 1. The normalized spacial score (nSPS) is 11.1. The summed E-state index contributed by atoms with van der Waals surface area (Å²) in [6, 6.07) is 7.35. The van der Waals surface area contributed by atoms with Crippen molar-refractivity contribution in [2.45, 2.75) is 6.92 Å². The molecule has 0 saturated heterocycles. The molecule has 0 fully saturated rings. The van der Waals surface area contributed by atoms with Crippen molar-refractivity contribution in [1.82, 2.24) is 4.98 Å². The Balaban J connectivity index is 1.58. The van der Waals surface area contributed by atoms with Crippen molar-refractivity contribution in [2.75, 3.05) is 66.6 Å². The van der Waals surface area contributed by atoms with Crippen LogP contribution in [0.25, 0.3) is 10.9 Å². The van der Waals surface area contributed by atoms with E-state index in [2.05, 4.69) is 4.98 Å². The van der Waals surface area contributed by atoms with Crippen LogP contribution in [0.3, 0.4) is 0 Å². The number of H-pyrrole nitrogens is 1. The van der Waals surface area contributed by atoms with Crippen molar-refractivity contribution in [2.24, 2.45) is 0 Å². The maximum Gasteiger partial charge on any atom is 0.354 e. The van der Waals surface area contributed by atoms with Crippen LogP contribution in [0.5, 0.6) is 5.75 Å². The third-order valence-corrected chi connectivity index (χ3v) is 3.76. The van der Waals surface area contributed by atoms with E-state index < -0.39 is 0 Å². The molecule has 0 aliphatic rings. The molecule has 1 N–H and O–H groups in total. The first-order chi connectivity index (χ1) is 13.7. The molecule has 2 aromatic rings. The highest BCUT2D eigenvalue weighted by atomic mass is 16.6. The number of aromatic nitrogens is 1. The van der Waals surface area contributed by atoms with E-state index in [1.165, 1.54) is 0 Å². The van der Waals surface area contributed by atoms with Crippen LogP contribution in [0.1, 0.15) is 17.4 Å². The van der Waals surface area contributed by atoms with Gasteiger partial charge < -0.3 is 33.4 Å². The molecule has 156 valence electrons. The van der Waals surface area contributed by atoms with Gasteiger partial charge in [0.15, 0.2) is 0 Å². The molecule has 0 unspecified atom stereocenters. The summed E-state index contributed by atoms with van der Waals surface area (Å²) in [6.07, 6.45) is 0. The summed E-state index contributed by atoms with van der Waals surface area (Å²) in [5, 5.41) is 0.891. The Kier molecular flexibility index (Phi) is 10.4. The lowest BCUT2D eigenvalue weighted by Crippen LogP contribution is -2.13. The lowest BCUT2D eigenvalue weighted by atomic mass is 10.2. The fourth-order valence-corrected chi connectivity index (χ4v) is 2.42. The van der Waals surface area contributed by atoms with Gasteiger partial charge in [0.25, 0.3) is 0 Å². The van der Waals surface area contributed by atoms with E-state index in [4.69, 9.17) is 28.4 Å². The topological polar surface area (TPSA) is 88.2 Å². The Bertz CT molecular complexity index is 701. The van der Waals surface area contributed by atoms with Crippen molar-refractivity contribution in [3.8, 4) is 5.75 Å². The predicted octanol–water partition coefficient (Wildman–Crippen LogP) is 2.42. The van der Waals surface area contributed by atoms with Gasteiger partial charge in [-0.15, -0.1) is 0 Å². The first kappa shape index (κ1) is 22.2. The second-order valence-electron chi connectivity index (χ2n) is 5.83. The first-order valence-corrected chi connectivity index (χ1v) is 9.39. The molecule has 2 rings (SSSR count). The number of carbonyl (C=O) groups is 1. The molecule has 0 spiro atoms. The zero-order valence-corrected chi connectivity index (χ0v) is 16.5. The summed E-state index contributed by atoms with van der Waals surface area (Å²) >= 11 is 0. The lowest BCUT2D eigenvalue weighted by Gasteiger charge is -2.08. The van der Waals surface area contributed by atoms with Gasteiger partial charge in [0, 0.05) is 18.0 Å². The minimum atomic E-state index is -0.363. The molecule has 0 bridgehead atoms. The van der Waals surface area contributed by atoms with E-state index in [-0.39, 0.29) is 5.97 Å². The van der Waals surface area contributed by atoms with Crippen LogP contribution >= 0.6 is 0 Å². The second-order valence-corrected chi connectivity index (χ2v) is 5.83. The number of aromatic amines is 1. The largest absolute Gasteiger partial charge is 0.491 e. The molecule has 28 heavy (non-hydrogen) atoms. The van der Waals surface area contributed by atoms with Crippen LogP contribution in [0.4, 0.5) is 0 Å². The summed E-state index contributed by atoms with van der Waals surface area (Å²) < 4.78 is 31.7. The molecule has 0 aliphatic carbocycles. The van der Waals surface area contributed by atoms with E-state index in [9.17, 15) is 4.79 Å². The summed E-state index contributed by atoms with van der Waals surface area (Å²) in [6.45, 7) is 6.28. The highest BCUT2D eigenvalue weighted by Crippen LogP contribution is 2.22. The minimum absolute atomic E-state index is 0.343. The SMILES string of the molecule is CCOC(=O)c1cc2cc(OCCOCCOCCOCCOC)ccc2[nH]1. The van der Waals surface area contributed by atoms with Gasteiger partial charge in [-0.3, -0.25) is 0 Å². The number of ether oxygens (including phenoxy) is 6. The number of nitrogens with one attached hydrogen (secondary N) is 1. The highest BCUT2D eigenvalue weighted by molar-refractivity contribution is 5.95. The summed E-state index contributed by atoms with van der Waals surface area (Å²) in [5.41, 5.74) is 1.29. The predicted molar refractivity (Wildman–Crippen MR) is 104 cm³/mol. The summed E-state index contributed by atoms with van der Waals surface area (Å²) in [5.74, 6) is 0.355. The van der Waals surface area contributed by atoms with Crippen molar-refractivity contribution in [3.63, 3.8) is 0 Å². The number of hydrogen-bond acceptors (Lipinski definition) is 7. The molecule has 0 radical (unpaired) electrons. The average Bonchev–Trinajstić information content (AvgIpc) is 3.12. The zero-order valence-electron chi connectivity index (χ0n) is 16.5. The standard InChI is InChI=1S/C20H29NO7/c1-3-27-20(22)19-15-16-14-17(4-5-18(16)21-19)28-13-12-26-11-10-25-9-8-24-7-6-23-2/h4-5,14-15,21H,3,6-13H2,1-2H3. The van der Waals surface area contributed by atoms with Gasteiger partial charge in [-0.2, -0.15) is 0 Å². The number of rotatable bonds is 15. The van der Waals surface area contributed by atoms with Gasteiger partial charge in [-0.25, -0.2) is 4.79 Å². The molecule has 0 aliphatic heterocycles. The Morgan fingerprint density at radius 1 is 0.893 bits per heavy atom. The van der Waals surface area contributed by atoms with Crippen LogP contribution in [0.15, 0.2) is 24.3 Å². The van der Waals surface area contributed by atoms with Crippen LogP contribution < -0.4 is 4.74 Å². The minimum Gasteiger partial charge on any atom is -0.491 e. The smallest absolute Gasteiger partial charge is 0.354 e. The molecule has 0 saturated carbocycles. The molecule has 1 heterocycles. The van der Waals surface area contributed by atoms with Gasteiger partial charge in [0.1, 0.15) is 18.1 Å². The molecular formula is C20H29NO7. The van der Waals surface area contributed by atoms with Crippen molar-refractivity contribution in [1.29, 1.82) is 0 Å². The van der Waals surface area contributed by atoms with Gasteiger partial charge in [0.2, 0.25) is 0 Å². The number of esters is 1. The van der Waals surface area contributed by atoms with Crippen LogP contribution in [0, 0.1) is 0 Å². The number of carbonyl (C=O) groups excluding carboxylic acids is 1. The monoisotopic (exact) mass is 395 g/mol. The lowest BCUT2D eigenvalue weighted by molar-refractivity contribution is 0.000169. The molecule has 8 heteroatoms. The third kappa shape index (κ3) is 7.85. The van der Waals surface area contributed by atoms with E-state index in [1.807, 2.05) is 18.2 Å². The van der Waals surface area contributed by atoms with Crippen molar-refractivity contribution < 1.29 is 33.2 Å². The summed E-state index contributed by atoms with van der Waals surface area (Å²) in [7, 11) is 1.64. The van der Waals surface area contributed by atoms with Crippen molar-refractivity contribution in [3.05, 3.63) is 30.0 Å². The van der Waals surface area contributed by atoms with Crippen LogP contribution in [-0.4, -0.2) is 77.5 Å². The summed E-state index contributed by atoms with van der Waals surface area (Å²) in [4.78, 5) is 14.8. The average molecular weight is 395 g/mol. The fourth-order valence-electron chi connectivity index (χ4n) is 2.42. The van der Waals surface area contributed by atoms with Gasteiger partial charge in [-0.05, 0) is 31.2 Å². The van der Waals surface area contributed by atoms with E-state index in [0.717, 1.165) is 16.7 Å². The number of fused-ring (bicyclic) bond motifs is 1. The highest BCUT2D eigenvalue weighted by Gasteiger charge is 2.10. The maximum absolute atomic E-state index is 11.8. The fraction of sp³-hybridized carbons (Fsp3) is 0.550. The molecule has 0 amide bonds. The van der Waals surface area contributed by atoms with Crippen LogP contribution in [-0.2, 0) is 23.7 Å². The Morgan fingerprint density at radius 3 is 2.18 bits per heavy atom. The molecular weight excluding hydrogens is 366 g/mol. The number of benzene rings is 1. The zero-order chi connectivity index (χ0) is 20.0. The van der Waals surface area contributed by atoms with Crippen LogP contribution in [0.2, 0.25) is 0 Å². The Labute approximate surface area is 165 Å².